The summed E-state index contributed by atoms with van der Waals surface area (Å²) in [6, 6.07) is 9.63. The van der Waals surface area contributed by atoms with Crippen LogP contribution in [0.1, 0.15) is 12.0 Å². The van der Waals surface area contributed by atoms with Gasteiger partial charge in [0.1, 0.15) is 6.61 Å². The van der Waals surface area contributed by atoms with Crippen LogP contribution in [0.15, 0.2) is 30.3 Å². The molecule has 5 heteroatoms. The molecule has 0 N–H and O–H groups in total. The van der Waals surface area contributed by atoms with Crippen LogP contribution in [0.4, 0.5) is 4.79 Å². The molecule has 1 saturated carbocycles. The summed E-state index contributed by atoms with van der Waals surface area (Å²) in [5, 5.41) is 0. The maximum Gasteiger partial charge on any atom is 0.410 e. The monoisotopic (exact) mass is 287 g/mol. The first-order valence-corrected chi connectivity index (χ1v) is 7.31. The number of nitrogens with zero attached hydrogens (tertiary/aromatic N) is 1. The molecule has 4 rings (SSSR count). The molecule has 3 aliphatic rings. The Balaban J connectivity index is 1.38. The smallest absolute Gasteiger partial charge is 0.410 e. The lowest BCUT2D eigenvalue weighted by atomic mass is 9.56. The number of benzene rings is 1. The Kier molecular flexibility index (Phi) is 2.71. The molecule has 2 heterocycles. The first-order chi connectivity index (χ1) is 10.2. The summed E-state index contributed by atoms with van der Waals surface area (Å²) in [6.45, 7) is 2.01. The molecule has 5 nitrogen and oxygen atoms in total. The summed E-state index contributed by atoms with van der Waals surface area (Å²) >= 11 is 0. The molecule has 21 heavy (non-hydrogen) atoms. The minimum absolute atomic E-state index is 0.00516. The zero-order valence-corrected chi connectivity index (χ0v) is 11.7. The second-order valence-electron chi connectivity index (χ2n) is 6.25. The van der Waals surface area contributed by atoms with E-state index in [4.69, 9.17) is 9.47 Å². The average molecular weight is 287 g/mol. The molecule has 1 aliphatic carbocycles. The predicted octanol–water partition coefficient (Wildman–Crippen LogP) is 1.82. The topological polar surface area (TPSA) is 55.8 Å². The molecule has 2 saturated heterocycles. The Labute approximate surface area is 122 Å². The van der Waals surface area contributed by atoms with Gasteiger partial charge in [-0.2, -0.15) is 0 Å². The summed E-state index contributed by atoms with van der Waals surface area (Å²) in [4.78, 5) is 25.5. The summed E-state index contributed by atoms with van der Waals surface area (Å²) in [6.07, 6.45) is 0.558. The van der Waals surface area contributed by atoms with E-state index >= 15 is 0 Å². The number of carbonyl (C=O) groups is 2. The third-order valence-corrected chi connectivity index (χ3v) is 5.18. The van der Waals surface area contributed by atoms with Gasteiger partial charge in [0, 0.05) is 18.5 Å². The SMILES string of the molecule is O=C1OCC23CN(C(=O)OCc4ccccc4)CC2CC13. The zero-order chi connectivity index (χ0) is 14.4. The molecular formula is C16H17NO4. The van der Waals surface area contributed by atoms with Crippen molar-refractivity contribution in [2.45, 2.75) is 13.0 Å². The number of ether oxygens (including phenoxy) is 2. The molecule has 1 amide bonds. The third kappa shape index (κ3) is 1.83. The Bertz CT molecular complexity index is 587. The number of esters is 1. The Morgan fingerprint density at radius 2 is 2.19 bits per heavy atom. The van der Waals surface area contributed by atoms with Gasteiger partial charge in [-0.3, -0.25) is 4.79 Å². The molecule has 0 radical (unpaired) electrons. The summed E-state index contributed by atoms with van der Waals surface area (Å²) in [5.41, 5.74) is 0.853. The summed E-state index contributed by atoms with van der Waals surface area (Å²) in [7, 11) is 0. The van der Waals surface area contributed by atoms with E-state index in [1.807, 2.05) is 30.3 Å². The van der Waals surface area contributed by atoms with E-state index in [0.29, 0.717) is 25.6 Å². The highest BCUT2D eigenvalue weighted by atomic mass is 16.6. The van der Waals surface area contributed by atoms with Gasteiger partial charge in [-0.1, -0.05) is 30.3 Å². The normalized spacial score (nSPS) is 33.0. The van der Waals surface area contributed by atoms with Gasteiger partial charge in [0.25, 0.3) is 0 Å². The first kappa shape index (κ1) is 12.7. The minimum atomic E-state index is -0.291. The van der Waals surface area contributed by atoms with Crippen molar-refractivity contribution in [1.82, 2.24) is 4.90 Å². The largest absolute Gasteiger partial charge is 0.465 e. The Morgan fingerprint density at radius 3 is 2.95 bits per heavy atom. The van der Waals surface area contributed by atoms with Crippen molar-refractivity contribution in [3.05, 3.63) is 35.9 Å². The van der Waals surface area contributed by atoms with Crippen LogP contribution in [0.2, 0.25) is 0 Å². The lowest BCUT2D eigenvalue weighted by Crippen LogP contribution is -2.49. The maximum absolute atomic E-state index is 12.2. The quantitative estimate of drug-likeness (QED) is 0.779. The van der Waals surface area contributed by atoms with Crippen molar-refractivity contribution in [3.63, 3.8) is 0 Å². The third-order valence-electron chi connectivity index (χ3n) is 5.18. The lowest BCUT2D eigenvalue weighted by molar-refractivity contribution is -0.143. The van der Waals surface area contributed by atoms with Crippen molar-refractivity contribution in [2.75, 3.05) is 19.7 Å². The van der Waals surface area contributed by atoms with Gasteiger partial charge < -0.3 is 14.4 Å². The van der Waals surface area contributed by atoms with Crippen LogP contribution in [-0.2, 0) is 20.9 Å². The van der Waals surface area contributed by atoms with Crippen molar-refractivity contribution in [2.24, 2.45) is 17.3 Å². The number of cyclic esters (lactones) is 1. The number of rotatable bonds is 2. The van der Waals surface area contributed by atoms with E-state index in [0.717, 1.165) is 12.0 Å². The van der Waals surface area contributed by atoms with Crippen LogP contribution in [0.5, 0.6) is 0 Å². The van der Waals surface area contributed by atoms with E-state index < -0.39 is 0 Å². The molecular weight excluding hydrogens is 270 g/mol. The second-order valence-corrected chi connectivity index (χ2v) is 6.25. The van der Waals surface area contributed by atoms with Crippen LogP contribution >= 0.6 is 0 Å². The molecule has 0 bridgehead atoms. The van der Waals surface area contributed by atoms with Crippen molar-refractivity contribution < 1.29 is 19.1 Å². The van der Waals surface area contributed by atoms with E-state index in [9.17, 15) is 9.59 Å². The zero-order valence-electron chi connectivity index (χ0n) is 11.7. The van der Waals surface area contributed by atoms with Crippen molar-refractivity contribution >= 4 is 12.1 Å². The lowest BCUT2D eigenvalue weighted by Gasteiger charge is -2.42. The molecule has 1 aromatic rings. The van der Waals surface area contributed by atoms with Crippen LogP contribution in [0, 0.1) is 17.3 Å². The highest BCUT2D eigenvalue weighted by Crippen LogP contribution is 2.59. The van der Waals surface area contributed by atoms with Gasteiger partial charge in [0.15, 0.2) is 0 Å². The number of likely N-dealkylation sites (tertiary alicyclic amines) is 1. The molecule has 1 aromatic carbocycles. The number of hydrogen-bond acceptors (Lipinski definition) is 4. The molecule has 110 valence electrons. The van der Waals surface area contributed by atoms with Crippen LogP contribution < -0.4 is 0 Å². The highest BCUT2D eigenvalue weighted by Gasteiger charge is 2.67. The maximum atomic E-state index is 12.2. The van der Waals surface area contributed by atoms with Gasteiger partial charge in [-0.25, -0.2) is 4.79 Å². The molecule has 3 atom stereocenters. The fraction of sp³-hybridized carbons (Fsp3) is 0.500. The van der Waals surface area contributed by atoms with Crippen LogP contribution in [-0.4, -0.2) is 36.7 Å². The van der Waals surface area contributed by atoms with Gasteiger partial charge in [-0.05, 0) is 17.9 Å². The van der Waals surface area contributed by atoms with Gasteiger partial charge in [0.05, 0.1) is 12.5 Å². The fourth-order valence-electron chi connectivity index (χ4n) is 3.91. The van der Waals surface area contributed by atoms with Crippen LogP contribution in [0.25, 0.3) is 0 Å². The first-order valence-electron chi connectivity index (χ1n) is 7.31. The Hall–Kier alpha value is -2.04. The predicted molar refractivity (Wildman–Crippen MR) is 73.2 cm³/mol. The van der Waals surface area contributed by atoms with Gasteiger partial charge in [-0.15, -0.1) is 0 Å². The molecule has 3 fully saturated rings. The fourth-order valence-corrected chi connectivity index (χ4v) is 3.91. The molecule has 3 unspecified atom stereocenters. The summed E-state index contributed by atoms with van der Waals surface area (Å²) in [5.74, 6) is 0.290. The van der Waals surface area contributed by atoms with E-state index in [-0.39, 0.29) is 30.0 Å². The minimum Gasteiger partial charge on any atom is -0.465 e. The molecule has 0 aromatic heterocycles. The number of amides is 1. The van der Waals surface area contributed by atoms with Gasteiger partial charge in [0.2, 0.25) is 0 Å². The average Bonchev–Trinajstić information content (AvgIpc) is 2.91. The number of hydrogen-bond donors (Lipinski definition) is 0. The van der Waals surface area contributed by atoms with E-state index in [1.165, 1.54) is 0 Å². The van der Waals surface area contributed by atoms with Crippen molar-refractivity contribution in [3.8, 4) is 0 Å². The highest BCUT2D eigenvalue weighted by molar-refractivity contribution is 5.78. The van der Waals surface area contributed by atoms with E-state index in [2.05, 4.69) is 0 Å². The van der Waals surface area contributed by atoms with E-state index in [1.54, 1.807) is 4.90 Å². The van der Waals surface area contributed by atoms with Crippen molar-refractivity contribution in [1.29, 1.82) is 0 Å². The number of carbonyl (C=O) groups excluding carboxylic acids is 2. The molecule has 2 aliphatic heterocycles. The Morgan fingerprint density at radius 1 is 1.38 bits per heavy atom. The second kappa shape index (κ2) is 4.48. The summed E-state index contributed by atoms with van der Waals surface area (Å²) < 4.78 is 10.6. The van der Waals surface area contributed by atoms with Gasteiger partial charge >= 0.3 is 12.1 Å². The molecule has 1 spiro atoms. The van der Waals surface area contributed by atoms with Crippen LogP contribution in [0.3, 0.4) is 0 Å². The standard InChI is InChI=1S/C16H17NO4/c18-14-13-6-12-7-17(9-16(12,13)10-21-14)15(19)20-8-11-4-2-1-3-5-11/h1-5,12-13H,6-10H2.